The zero-order valence-corrected chi connectivity index (χ0v) is 21.1. The van der Waals surface area contributed by atoms with Crippen LogP contribution in [0.4, 0.5) is 5.69 Å². The molecule has 0 bridgehead atoms. The SMILES string of the molecule is N#Cc1ccc(N[C@@H](C2CCCC2)[C@H]2CCc3nc(C(=O)N4CCC(O)CC4)ccc3C2=N)cc1Cl. The van der Waals surface area contributed by atoms with Gasteiger partial charge in [0.2, 0.25) is 0 Å². The molecule has 2 fully saturated rings. The van der Waals surface area contributed by atoms with Gasteiger partial charge in [-0.25, -0.2) is 4.98 Å². The Labute approximate surface area is 217 Å². The number of carbonyl (C=O) groups excluding carboxylic acids is 1. The van der Waals surface area contributed by atoms with Gasteiger partial charge in [0.05, 0.1) is 22.4 Å². The molecule has 0 radical (unpaired) electrons. The standard InChI is InChI=1S/C28H32ClN5O2/c29-23-15-19(6-5-18(23)16-30)32-27(17-3-1-2-4-17)22-8-9-24-21(26(22)31)7-10-25(33-24)28(36)34-13-11-20(35)12-14-34/h5-7,10,15,17,20,22,27,31-32,35H,1-4,8-9,11-14H2/t22-,27-/m0/s1. The van der Waals surface area contributed by atoms with Crippen LogP contribution in [0.3, 0.4) is 0 Å². The first-order chi connectivity index (χ1) is 17.4. The number of aromatic nitrogens is 1. The average Bonchev–Trinajstić information content (AvgIpc) is 3.43. The van der Waals surface area contributed by atoms with Gasteiger partial charge in [-0.1, -0.05) is 24.4 Å². The quantitative estimate of drug-likeness (QED) is 0.540. The summed E-state index contributed by atoms with van der Waals surface area (Å²) in [5.41, 5.74) is 3.99. The highest BCUT2D eigenvalue weighted by Gasteiger charge is 2.37. The summed E-state index contributed by atoms with van der Waals surface area (Å²) in [7, 11) is 0. The molecule has 3 N–H and O–H groups in total. The van der Waals surface area contributed by atoms with Crippen molar-refractivity contribution >= 4 is 28.9 Å². The monoisotopic (exact) mass is 505 g/mol. The maximum absolute atomic E-state index is 13.0. The third-order valence-corrected chi connectivity index (χ3v) is 8.37. The number of fused-ring (bicyclic) bond motifs is 1. The van der Waals surface area contributed by atoms with Crippen LogP contribution >= 0.6 is 11.6 Å². The van der Waals surface area contributed by atoms with Crippen molar-refractivity contribution in [1.82, 2.24) is 9.88 Å². The molecule has 1 aliphatic heterocycles. The molecule has 3 aliphatic rings. The molecule has 1 saturated heterocycles. The number of nitrogens with one attached hydrogen (secondary N) is 2. The number of nitriles is 1. The molecule has 7 nitrogen and oxygen atoms in total. The molecule has 188 valence electrons. The lowest BCUT2D eigenvalue weighted by molar-refractivity contribution is 0.0541. The van der Waals surface area contributed by atoms with Gasteiger partial charge in [-0.3, -0.25) is 4.79 Å². The molecule has 1 aromatic heterocycles. The van der Waals surface area contributed by atoms with Gasteiger partial charge in [0.1, 0.15) is 11.8 Å². The molecule has 0 spiro atoms. The maximum Gasteiger partial charge on any atom is 0.272 e. The van der Waals surface area contributed by atoms with Gasteiger partial charge in [0, 0.05) is 42.0 Å². The molecule has 2 aliphatic carbocycles. The highest BCUT2D eigenvalue weighted by molar-refractivity contribution is 6.32. The molecule has 1 saturated carbocycles. The smallest absolute Gasteiger partial charge is 0.272 e. The van der Waals surface area contributed by atoms with Gasteiger partial charge < -0.3 is 20.7 Å². The Hall–Kier alpha value is -2.95. The second-order valence-electron chi connectivity index (χ2n) is 10.3. The number of anilines is 1. The van der Waals surface area contributed by atoms with Gasteiger partial charge in [-0.2, -0.15) is 5.26 Å². The lowest BCUT2D eigenvalue weighted by atomic mass is 9.75. The number of benzene rings is 1. The molecule has 5 rings (SSSR count). The van der Waals surface area contributed by atoms with Crippen molar-refractivity contribution in [2.45, 2.75) is 63.5 Å². The third-order valence-electron chi connectivity index (χ3n) is 8.06. The first-order valence-electron chi connectivity index (χ1n) is 13.0. The number of hydrogen-bond acceptors (Lipinski definition) is 6. The van der Waals surface area contributed by atoms with E-state index in [0.29, 0.717) is 53.8 Å². The summed E-state index contributed by atoms with van der Waals surface area (Å²) in [6.45, 7) is 1.09. The van der Waals surface area contributed by atoms with Crippen molar-refractivity contribution in [2.24, 2.45) is 11.8 Å². The van der Waals surface area contributed by atoms with Crippen molar-refractivity contribution < 1.29 is 9.90 Å². The number of hydrogen-bond donors (Lipinski definition) is 3. The minimum atomic E-state index is -0.329. The fourth-order valence-electron chi connectivity index (χ4n) is 6.03. The minimum Gasteiger partial charge on any atom is -0.393 e. The van der Waals surface area contributed by atoms with E-state index in [1.165, 1.54) is 12.8 Å². The van der Waals surface area contributed by atoms with Crippen molar-refractivity contribution in [1.29, 1.82) is 10.7 Å². The number of rotatable bonds is 5. The molecular weight excluding hydrogens is 474 g/mol. The number of nitrogens with zero attached hydrogens (tertiary/aromatic N) is 3. The Morgan fingerprint density at radius 3 is 2.61 bits per heavy atom. The zero-order chi connectivity index (χ0) is 25.2. The summed E-state index contributed by atoms with van der Waals surface area (Å²) >= 11 is 6.30. The van der Waals surface area contributed by atoms with Gasteiger partial charge in [-0.05, 0) is 74.8 Å². The molecule has 2 aromatic rings. The average molecular weight is 506 g/mol. The van der Waals surface area contributed by atoms with E-state index in [4.69, 9.17) is 22.0 Å². The van der Waals surface area contributed by atoms with E-state index in [1.54, 1.807) is 17.0 Å². The van der Waals surface area contributed by atoms with Crippen LogP contribution in [0.15, 0.2) is 30.3 Å². The lowest BCUT2D eigenvalue weighted by Gasteiger charge is -2.37. The van der Waals surface area contributed by atoms with Crippen LogP contribution in [0.5, 0.6) is 0 Å². The van der Waals surface area contributed by atoms with Gasteiger partial charge in [-0.15, -0.1) is 0 Å². The summed E-state index contributed by atoms with van der Waals surface area (Å²) in [5.74, 6) is 0.401. The van der Waals surface area contributed by atoms with Gasteiger partial charge >= 0.3 is 0 Å². The number of pyridine rings is 1. The van der Waals surface area contributed by atoms with E-state index in [1.807, 2.05) is 18.2 Å². The van der Waals surface area contributed by atoms with Crippen LogP contribution in [-0.2, 0) is 6.42 Å². The number of aliphatic hydroxyl groups is 1. The second kappa shape index (κ2) is 10.6. The number of likely N-dealkylation sites (tertiary alicyclic amines) is 1. The topological polar surface area (TPSA) is 113 Å². The largest absolute Gasteiger partial charge is 0.393 e. The summed E-state index contributed by atoms with van der Waals surface area (Å²) in [4.78, 5) is 19.4. The molecule has 1 aromatic carbocycles. The van der Waals surface area contributed by atoms with E-state index in [2.05, 4.69) is 11.4 Å². The third kappa shape index (κ3) is 4.98. The summed E-state index contributed by atoms with van der Waals surface area (Å²) in [6.07, 6.45) is 7.06. The number of halogens is 1. The molecule has 0 unspecified atom stereocenters. The van der Waals surface area contributed by atoms with E-state index < -0.39 is 0 Å². The number of aliphatic hydroxyl groups excluding tert-OH is 1. The summed E-state index contributed by atoms with van der Waals surface area (Å²) in [5, 5.41) is 32.2. The number of piperidine rings is 1. The summed E-state index contributed by atoms with van der Waals surface area (Å²) in [6, 6.07) is 11.3. The maximum atomic E-state index is 13.0. The first-order valence-corrected chi connectivity index (χ1v) is 13.3. The molecule has 8 heteroatoms. The normalized spacial score (nSPS) is 21.6. The van der Waals surface area contributed by atoms with E-state index in [-0.39, 0.29) is 24.0 Å². The fourth-order valence-corrected chi connectivity index (χ4v) is 6.26. The Kier molecular flexibility index (Phi) is 7.27. The van der Waals surface area contributed by atoms with Crippen LogP contribution < -0.4 is 5.32 Å². The Morgan fingerprint density at radius 2 is 1.92 bits per heavy atom. The molecule has 2 atom stereocenters. The van der Waals surface area contributed by atoms with Crippen molar-refractivity contribution in [3.63, 3.8) is 0 Å². The van der Waals surface area contributed by atoms with Crippen LogP contribution in [0.25, 0.3) is 0 Å². The number of amides is 1. The van der Waals surface area contributed by atoms with Crippen LogP contribution in [0.1, 0.15) is 72.3 Å². The number of carbonyl (C=O) groups is 1. The van der Waals surface area contributed by atoms with E-state index >= 15 is 0 Å². The molecular formula is C28H32ClN5O2. The Bertz CT molecular complexity index is 1190. The van der Waals surface area contributed by atoms with Crippen molar-refractivity contribution in [3.05, 3.63) is 57.9 Å². The second-order valence-corrected chi connectivity index (χ2v) is 10.7. The molecule has 1 amide bonds. The van der Waals surface area contributed by atoms with Crippen LogP contribution in [0.2, 0.25) is 5.02 Å². The Morgan fingerprint density at radius 1 is 1.17 bits per heavy atom. The molecule has 36 heavy (non-hydrogen) atoms. The number of aryl methyl sites for hydroxylation is 1. The van der Waals surface area contributed by atoms with Crippen LogP contribution in [0, 0.1) is 28.6 Å². The first kappa shape index (κ1) is 24.7. The highest BCUT2D eigenvalue weighted by atomic mass is 35.5. The summed E-state index contributed by atoms with van der Waals surface area (Å²) < 4.78 is 0. The fraction of sp³-hybridized carbons (Fsp3) is 0.500. The highest BCUT2D eigenvalue weighted by Crippen LogP contribution is 2.38. The van der Waals surface area contributed by atoms with Crippen molar-refractivity contribution in [3.8, 4) is 6.07 Å². The van der Waals surface area contributed by atoms with E-state index in [9.17, 15) is 15.2 Å². The van der Waals surface area contributed by atoms with Gasteiger partial charge in [0.25, 0.3) is 5.91 Å². The predicted octanol–water partition coefficient (Wildman–Crippen LogP) is 4.80. The molecule has 2 heterocycles. The zero-order valence-electron chi connectivity index (χ0n) is 20.3. The Balaban J connectivity index is 1.36. The lowest BCUT2D eigenvalue weighted by Crippen LogP contribution is -2.43. The van der Waals surface area contributed by atoms with Crippen LogP contribution in [-0.4, -0.2) is 51.8 Å². The van der Waals surface area contributed by atoms with Gasteiger partial charge in [0.15, 0.2) is 0 Å². The minimum absolute atomic E-state index is 0.0296. The van der Waals surface area contributed by atoms with Crippen molar-refractivity contribution in [2.75, 3.05) is 18.4 Å². The predicted molar refractivity (Wildman–Crippen MR) is 140 cm³/mol. The van der Waals surface area contributed by atoms with E-state index in [0.717, 1.165) is 42.6 Å².